The van der Waals surface area contributed by atoms with Gasteiger partial charge in [-0.1, -0.05) is 0 Å². The number of aromatic nitrogens is 6. The molecule has 1 amide bonds. The van der Waals surface area contributed by atoms with Gasteiger partial charge < -0.3 is 9.73 Å². The van der Waals surface area contributed by atoms with Gasteiger partial charge in [-0.15, -0.1) is 0 Å². The zero-order chi connectivity index (χ0) is 17.8. The van der Waals surface area contributed by atoms with E-state index in [0.29, 0.717) is 12.4 Å². The molecule has 0 saturated heterocycles. The van der Waals surface area contributed by atoms with Gasteiger partial charge in [0.1, 0.15) is 31.0 Å². The van der Waals surface area contributed by atoms with Crippen LogP contribution in [0, 0.1) is 0 Å². The molecule has 0 aromatic carbocycles. The van der Waals surface area contributed by atoms with Crippen LogP contribution < -0.4 is 5.32 Å². The molecule has 0 saturated carbocycles. The van der Waals surface area contributed by atoms with Crippen molar-refractivity contribution in [3.8, 4) is 11.1 Å². The first-order valence-corrected chi connectivity index (χ1v) is 7.90. The number of rotatable bonds is 6. The first-order valence-electron chi connectivity index (χ1n) is 7.90. The topological polar surface area (TPSA) is 104 Å². The van der Waals surface area contributed by atoms with E-state index in [1.807, 2.05) is 12.1 Å². The van der Waals surface area contributed by atoms with Crippen molar-refractivity contribution in [3.05, 3.63) is 67.5 Å². The second kappa shape index (κ2) is 7.01. The quantitative estimate of drug-likeness (QED) is 0.569. The Bertz CT molecular complexity index is 989. The molecule has 4 rings (SSSR count). The molecule has 26 heavy (non-hydrogen) atoms. The van der Waals surface area contributed by atoms with E-state index in [-0.39, 0.29) is 12.5 Å². The van der Waals surface area contributed by atoms with Crippen LogP contribution in [-0.2, 0) is 17.9 Å². The number of hydrogen-bond acceptors (Lipinski definition) is 6. The average Bonchev–Trinajstić information content (AvgIpc) is 3.40. The molecule has 9 heteroatoms. The Morgan fingerprint density at radius 1 is 1.12 bits per heavy atom. The van der Waals surface area contributed by atoms with Crippen molar-refractivity contribution < 1.29 is 9.21 Å². The van der Waals surface area contributed by atoms with Crippen molar-refractivity contribution in [2.45, 2.75) is 13.1 Å². The summed E-state index contributed by atoms with van der Waals surface area (Å²) in [5, 5.41) is 11.2. The van der Waals surface area contributed by atoms with E-state index >= 15 is 0 Å². The molecule has 4 heterocycles. The highest BCUT2D eigenvalue weighted by atomic mass is 16.3. The second-order valence-corrected chi connectivity index (χ2v) is 5.56. The van der Waals surface area contributed by atoms with E-state index < -0.39 is 0 Å². The van der Waals surface area contributed by atoms with E-state index in [2.05, 4.69) is 25.5 Å². The lowest BCUT2D eigenvalue weighted by Gasteiger charge is -2.08. The molecule has 0 fully saturated rings. The normalized spacial score (nSPS) is 10.8. The van der Waals surface area contributed by atoms with Crippen LogP contribution in [0.1, 0.15) is 5.76 Å². The van der Waals surface area contributed by atoms with E-state index in [0.717, 1.165) is 16.9 Å². The summed E-state index contributed by atoms with van der Waals surface area (Å²) in [6.45, 7) is 0.523. The Morgan fingerprint density at radius 3 is 2.81 bits per heavy atom. The maximum Gasteiger partial charge on any atom is 0.247 e. The highest BCUT2D eigenvalue weighted by molar-refractivity contribution is 5.89. The fourth-order valence-electron chi connectivity index (χ4n) is 2.49. The summed E-state index contributed by atoms with van der Waals surface area (Å²) >= 11 is 0. The SMILES string of the molecule is O=C(Cn1cc(-c2cncnc2)cn1)Nc1ccnn1Cc1ccco1. The molecule has 0 unspecified atom stereocenters. The van der Waals surface area contributed by atoms with Crippen molar-refractivity contribution in [2.24, 2.45) is 0 Å². The van der Waals surface area contributed by atoms with Gasteiger partial charge in [-0.2, -0.15) is 10.2 Å². The molecular weight excluding hydrogens is 334 g/mol. The third-order valence-electron chi connectivity index (χ3n) is 3.70. The van der Waals surface area contributed by atoms with Crippen LogP contribution in [0.2, 0.25) is 0 Å². The number of carbonyl (C=O) groups excluding carboxylic acids is 1. The Hall–Kier alpha value is -3.75. The molecule has 0 aliphatic heterocycles. The molecule has 130 valence electrons. The van der Waals surface area contributed by atoms with E-state index in [1.165, 1.54) is 6.33 Å². The Kier molecular flexibility index (Phi) is 4.25. The first-order chi connectivity index (χ1) is 12.8. The number of amides is 1. The van der Waals surface area contributed by atoms with Crippen LogP contribution in [0.4, 0.5) is 5.82 Å². The second-order valence-electron chi connectivity index (χ2n) is 5.56. The lowest BCUT2D eigenvalue weighted by molar-refractivity contribution is -0.116. The van der Waals surface area contributed by atoms with Crippen LogP contribution >= 0.6 is 0 Å². The Morgan fingerprint density at radius 2 is 2.00 bits per heavy atom. The Labute approximate surface area is 148 Å². The predicted octanol–water partition coefficient (Wildman–Crippen LogP) is 1.82. The maximum absolute atomic E-state index is 12.3. The van der Waals surface area contributed by atoms with Gasteiger partial charge in [0, 0.05) is 35.8 Å². The number of nitrogens with zero attached hydrogens (tertiary/aromatic N) is 6. The number of carbonyl (C=O) groups is 1. The molecule has 4 aromatic heterocycles. The number of nitrogens with one attached hydrogen (secondary N) is 1. The number of hydrogen-bond donors (Lipinski definition) is 1. The summed E-state index contributed by atoms with van der Waals surface area (Å²) in [6, 6.07) is 5.40. The molecule has 0 radical (unpaired) electrons. The minimum absolute atomic E-state index is 0.0830. The van der Waals surface area contributed by atoms with Gasteiger partial charge in [-0.25, -0.2) is 14.6 Å². The lowest BCUT2D eigenvalue weighted by Crippen LogP contribution is -2.21. The smallest absolute Gasteiger partial charge is 0.247 e. The standard InChI is InChI=1S/C17H15N7O2/c25-17(11-23-9-14(8-21-23)13-6-18-12-19-7-13)22-16-3-4-20-24(16)10-15-2-1-5-26-15/h1-9,12H,10-11H2,(H,22,25). The van der Waals surface area contributed by atoms with Crippen molar-refractivity contribution >= 4 is 11.7 Å². The predicted molar refractivity (Wildman–Crippen MR) is 91.9 cm³/mol. The molecule has 0 atom stereocenters. The van der Waals surface area contributed by atoms with Crippen molar-refractivity contribution in [1.29, 1.82) is 0 Å². The lowest BCUT2D eigenvalue weighted by atomic mass is 10.2. The Balaban J connectivity index is 1.41. The largest absolute Gasteiger partial charge is 0.467 e. The zero-order valence-electron chi connectivity index (χ0n) is 13.7. The van der Waals surface area contributed by atoms with Gasteiger partial charge in [0.2, 0.25) is 5.91 Å². The third kappa shape index (κ3) is 3.51. The third-order valence-corrected chi connectivity index (χ3v) is 3.70. The van der Waals surface area contributed by atoms with Gasteiger partial charge >= 0.3 is 0 Å². The van der Waals surface area contributed by atoms with E-state index in [9.17, 15) is 4.79 Å². The number of anilines is 1. The van der Waals surface area contributed by atoms with E-state index in [1.54, 1.807) is 52.7 Å². The highest BCUT2D eigenvalue weighted by Crippen LogP contribution is 2.16. The van der Waals surface area contributed by atoms with Crippen LogP contribution in [-0.4, -0.2) is 35.4 Å². The van der Waals surface area contributed by atoms with Gasteiger partial charge in [0.15, 0.2) is 0 Å². The maximum atomic E-state index is 12.3. The van der Waals surface area contributed by atoms with Crippen molar-refractivity contribution in [1.82, 2.24) is 29.5 Å². The van der Waals surface area contributed by atoms with Gasteiger partial charge in [0.25, 0.3) is 0 Å². The molecule has 4 aromatic rings. The minimum Gasteiger partial charge on any atom is -0.467 e. The van der Waals surface area contributed by atoms with Gasteiger partial charge in [0.05, 0.1) is 18.7 Å². The summed E-state index contributed by atoms with van der Waals surface area (Å²) in [5.74, 6) is 1.14. The van der Waals surface area contributed by atoms with Crippen LogP contribution in [0.3, 0.4) is 0 Å². The first kappa shape index (κ1) is 15.8. The molecule has 0 aliphatic carbocycles. The molecule has 1 N–H and O–H groups in total. The fraction of sp³-hybridized carbons (Fsp3) is 0.118. The van der Waals surface area contributed by atoms with E-state index in [4.69, 9.17) is 4.42 Å². The van der Waals surface area contributed by atoms with Crippen LogP contribution in [0.5, 0.6) is 0 Å². The summed E-state index contributed by atoms with van der Waals surface area (Å²) in [5.41, 5.74) is 1.69. The molecule has 0 bridgehead atoms. The summed E-state index contributed by atoms with van der Waals surface area (Å²) < 4.78 is 8.53. The minimum atomic E-state index is -0.204. The van der Waals surface area contributed by atoms with Crippen molar-refractivity contribution in [2.75, 3.05) is 5.32 Å². The molecule has 0 aliphatic rings. The summed E-state index contributed by atoms with van der Waals surface area (Å²) in [4.78, 5) is 20.3. The van der Waals surface area contributed by atoms with Crippen LogP contribution in [0.15, 0.2) is 66.2 Å². The molecule has 9 nitrogen and oxygen atoms in total. The number of furan rings is 1. The fourth-order valence-corrected chi connectivity index (χ4v) is 2.49. The molecule has 0 spiro atoms. The summed E-state index contributed by atoms with van der Waals surface area (Å²) in [6.07, 6.45) is 11.5. The van der Waals surface area contributed by atoms with Gasteiger partial charge in [-0.3, -0.25) is 9.48 Å². The van der Waals surface area contributed by atoms with Crippen molar-refractivity contribution in [3.63, 3.8) is 0 Å². The molecular formula is C17H15N7O2. The summed E-state index contributed by atoms with van der Waals surface area (Å²) in [7, 11) is 0. The van der Waals surface area contributed by atoms with Crippen LogP contribution in [0.25, 0.3) is 11.1 Å². The monoisotopic (exact) mass is 349 g/mol. The average molecular weight is 349 g/mol. The van der Waals surface area contributed by atoms with Gasteiger partial charge in [-0.05, 0) is 12.1 Å². The highest BCUT2D eigenvalue weighted by Gasteiger charge is 2.11. The zero-order valence-corrected chi connectivity index (χ0v) is 13.7.